The Kier molecular flexibility index (Phi) is 6.30. The third-order valence-corrected chi connectivity index (χ3v) is 5.84. The number of halogens is 1. The van der Waals surface area contributed by atoms with Crippen molar-refractivity contribution in [2.75, 3.05) is 19.8 Å². The largest absolute Gasteiger partial charge is 0.507 e. The number of nitrogens with zero attached hydrogens (tertiary/aromatic N) is 1. The van der Waals surface area contributed by atoms with E-state index < -0.39 is 17.7 Å². The van der Waals surface area contributed by atoms with Crippen LogP contribution in [0.5, 0.6) is 5.75 Å². The fourth-order valence-corrected chi connectivity index (χ4v) is 4.22. The quantitative estimate of drug-likeness (QED) is 0.410. The van der Waals surface area contributed by atoms with Crippen LogP contribution in [-0.2, 0) is 14.3 Å². The van der Waals surface area contributed by atoms with Gasteiger partial charge in [-0.05, 0) is 61.7 Å². The van der Waals surface area contributed by atoms with Crippen LogP contribution in [-0.4, -0.2) is 47.6 Å². The van der Waals surface area contributed by atoms with Gasteiger partial charge in [0, 0.05) is 23.7 Å². The van der Waals surface area contributed by atoms with Crippen LogP contribution in [0.15, 0.2) is 54.1 Å². The van der Waals surface area contributed by atoms with Crippen molar-refractivity contribution in [3.8, 4) is 5.75 Å². The number of aliphatic hydroxyl groups is 1. The minimum absolute atomic E-state index is 0.0643. The first kappa shape index (κ1) is 21.4. The van der Waals surface area contributed by atoms with Gasteiger partial charge in [-0.1, -0.05) is 23.7 Å². The molecule has 2 atom stereocenters. The van der Waals surface area contributed by atoms with Crippen LogP contribution < -0.4 is 4.74 Å². The lowest BCUT2D eigenvalue weighted by Gasteiger charge is -2.27. The zero-order valence-electron chi connectivity index (χ0n) is 17.2. The van der Waals surface area contributed by atoms with Crippen LogP contribution in [0.2, 0.25) is 5.02 Å². The molecule has 0 aliphatic carbocycles. The minimum atomic E-state index is -0.715. The van der Waals surface area contributed by atoms with Crippen LogP contribution in [0, 0.1) is 0 Å². The van der Waals surface area contributed by atoms with Crippen molar-refractivity contribution in [1.29, 1.82) is 0 Å². The Morgan fingerprint density at radius 3 is 2.48 bits per heavy atom. The summed E-state index contributed by atoms with van der Waals surface area (Å²) < 4.78 is 11.1. The van der Waals surface area contributed by atoms with Gasteiger partial charge in [-0.3, -0.25) is 9.59 Å². The molecular weight excluding hydrogens is 418 g/mol. The molecule has 31 heavy (non-hydrogen) atoms. The highest BCUT2D eigenvalue weighted by atomic mass is 35.5. The van der Waals surface area contributed by atoms with Gasteiger partial charge in [0.1, 0.15) is 11.5 Å². The Balaban J connectivity index is 1.77. The van der Waals surface area contributed by atoms with Crippen molar-refractivity contribution in [3.63, 3.8) is 0 Å². The lowest BCUT2D eigenvalue weighted by molar-refractivity contribution is -0.140. The second-order valence-electron chi connectivity index (χ2n) is 7.60. The average Bonchev–Trinajstić information content (AvgIpc) is 3.37. The number of rotatable bonds is 6. The summed E-state index contributed by atoms with van der Waals surface area (Å²) >= 11 is 6.04. The van der Waals surface area contributed by atoms with E-state index in [1.54, 1.807) is 48.5 Å². The second kappa shape index (κ2) is 9.12. The van der Waals surface area contributed by atoms with Gasteiger partial charge in [-0.2, -0.15) is 0 Å². The molecule has 1 amide bonds. The van der Waals surface area contributed by atoms with Crippen LogP contribution in [0.25, 0.3) is 5.76 Å². The third kappa shape index (κ3) is 4.31. The van der Waals surface area contributed by atoms with E-state index >= 15 is 0 Å². The monoisotopic (exact) mass is 441 g/mol. The van der Waals surface area contributed by atoms with Crippen LogP contribution in [0.3, 0.4) is 0 Å². The fourth-order valence-electron chi connectivity index (χ4n) is 4.10. The van der Waals surface area contributed by atoms with Crippen molar-refractivity contribution >= 4 is 29.1 Å². The zero-order valence-corrected chi connectivity index (χ0v) is 18.0. The van der Waals surface area contributed by atoms with Crippen LogP contribution in [0.1, 0.15) is 36.9 Å². The van der Waals surface area contributed by atoms with Gasteiger partial charge < -0.3 is 19.5 Å². The molecule has 7 heteroatoms. The molecule has 4 rings (SSSR count). The maximum Gasteiger partial charge on any atom is 0.295 e. The van der Waals surface area contributed by atoms with E-state index in [9.17, 15) is 14.7 Å². The predicted molar refractivity (Wildman–Crippen MR) is 117 cm³/mol. The molecule has 0 radical (unpaired) electrons. The number of likely N-dealkylation sites (tertiary alicyclic amines) is 1. The summed E-state index contributed by atoms with van der Waals surface area (Å²) in [4.78, 5) is 27.5. The van der Waals surface area contributed by atoms with E-state index in [1.807, 2.05) is 6.92 Å². The molecular formula is C24H24ClNO5. The minimum Gasteiger partial charge on any atom is -0.507 e. The van der Waals surface area contributed by atoms with E-state index in [-0.39, 0.29) is 24.0 Å². The molecule has 2 aliphatic rings. The summed E-state index contributed by atoms with van der Waals surface area (Å²) in [5, 5.41) is 11.6. The molecule has 2 heterocycles. The van der Waals surface area contributed by atoms with Crippen molar-refractivity contribution in [1.82, 2.24) is 4.90 Å². The van der Waals surface area contributed by atoms with Crippen molar-refractivity contribution < 1.29 is 24.2 Å². The summed E-state index contributed by atoms with van der Waals surface area (Å²) in [6.07, 6.45) is 1.63. The van der Waals surface area contributed by atoms with Gasteiger partial charge in [0.05, 0.1) is 24.3 Å². The van der Waals surface area contributed by atoms with E-state index in [2.05, 4.69) is 0 Å². The van der Waals surface area contributed by atoms with E-state index in [4.69, 9.17) is 21.1 Å². The molecule has 1 N–H and O–H groups in total. The first-order valence-electron chi connectivity index (χ1n) is 10.4. The number of carbonyl (C=O) groups is 2. The molecule has 2 saturated heterocycles. The number of hydrogen-bond donors (Lipinski definition) is 1. The number of hydrogen-bond acceptors (Lipinski definition) is 5. The normalized spacial score (nSPS) is 22.8. The number of benzene rings is 2. The standard InChI is InChI=1S/C24H24ClNO5/c1-2-30-18-11-7-16(8-12-18)22(27)20-21(15-5-9-17(25)10-6-15)26(24(29)23(20)28)14-19-4-3-13-31-19/h5-12,19,21,27H,2-4,13-14H2,1H3/t19-,21+/m1/s1. The van der Waals surface area contributed by atoms with Gasteiger partial charge in [-0.15, -0.1) is 0 Å². The SMILES string of the molecule is CCOc1ccc(C(O)=C2C(=O)C(=O)N(C[C@H]3CCCO3)[C@H]2c2ccc(Cl)cc2)cc1. The van der Waals surface area contributed by atoms with Gasteiger partial charge >= 0.3 is 0 Å². The molecule has 2 aliphatic heterocycles. The Morgan fingerprint density at radius 2 is 1.87 bits per heavy atom. The lowest BCUT2D eigenvalue weighted by atomic mass is 9.95. The van der Waals surface area contributed by atoms with Crippen molar-refractivity contribution in [2.24, 2.45) is 0 Å². The van der Waals surface area contributed by atoms with E-state index in [0.717, 1.165) is 12.8 Å². The molecule has 6 nitrogen and oxygen atoms in total. The molecule has 0 unspecified atom stereocenters. The van der Waals surface area contributed by atoms with E-state index in [0.29, 0.717) is 35.1 Å². The summed E-state index contributed by atoms with van der Waals surface area (Å²) in [6, 6.07) is 13.0. The first-order chi connectivity index (χ1) is 15.0. The smallest absolute Gasteiger partial charge is 0.295 e. The molecule has 2 aromatic rings. The van der Waals surface area contributed by atoms with Crippen molar-refractivity contribution in [2.45, 2.75) is 31.9 Å². The topological polar surface area (TPSA) is 76.1 Å². The van der Waals surface area contributed by atoms with Crippen molar-refractivity contribution in [3.05, 3.63) is 70.3 Å². The number of ketones is 1. The molecule has 2 fully saturated rings. The second-order valence-corrected chi connectivity index (χ2v) is 8.03. The molecule has 162 valence electrons. The summed E-state index contributed by atoms with van der Waals surface area (Å²) in [5.74, 6) is -0.893. The Bertz CT molecular complexity index is 994. The zero-order chi connectivity index (χ0) is 22.0. The molecule has 2 aromatic carbocycles. The molecule has 0 aromatic heterocycles. The molecule has 0 spiro atoms. The molecule has 0 bridgehead atoms. The number of ether oxygens (including phenoxy) is 2. The lowest BCUT2D eigenvalue weighted by Crippen LogP contribution is -2.36. The van der Waals surface area contributed by atoms with Gasteiger partial charge in [0.2, 0.25) is 0 Å². The Hall–Kier alpha value is -2.83. The third-order valence-electron chi connectivity index (χ3n) is 5.59. The number of amides is 1. The number of aliphatic hydroxyl groups excluding tert-OH is 1. The van der Waals surface area contributed by atoms with Gasteiger partial charge in [0.25, 0.3) is 11.7 Å². The predicted octanol–water partition coefficient (Wildman–Crippen LogP) is 4.34. The summed E-state index contributed by atoms with van der Waals surface area (Å²) in [6.45, 7) is 3.34. The van der Waals surface area contributed by atoms with Crippen LogP contribution >= 0.6 is 11.6 Å². The Labute approximate surface area is 186 Å². The van der Waals surface area contributed by atoms with Gasteiger partial charge in [0.15, 0.2) is 0 Å². The summed E-state index contributed by atoms with van der Waals surface area (Å²) in [5.41, 5.74) is 1.21. The molecule has 0 saturated carbocycles. The van der Waals surface area contributed by atoms with Gasteiger partial charge in [-0.25, -0.2) is 0 Å². The van der Waals surface area contributed by atoms with Crippen LogP contribution in [0.4, 0.5) is 0 Å². The maximum absolute atomic E-state index is 13.0. The first-order valence-corrected chi connectivity index (χ1v) is 10.8. The number of carbonyl (C=O) groups excluding carboxylic acids is 2. The highest BCUT2D eigenvalue weighted by molar-refractivity contribution is 6.46. The summed E-state index contributed by atoms with van der Waals surface area (Å²) in [7, 11) is 0. The average molecular weight is 442 g/mol. The number of Topliss-reactive ketones (excluding diaryl/α,β-unsaturated/α-hetero) is 1. The Morgan fingerprint density at radius 1 is 1.16 bits per heavy atom. The highest BCUT2D eigenvalue weighted by Crippen LogP contribution is 2.40. The van der Waals surface area contributed by atoms with E-state index in [1.165, 1.54) is 4.90 Å². The fraction of sp³-hybridized carbons (Fsp3) is 0.333. The maximum atomic E-state index is 13.0. The highest BCUT2D eigenvalue weighted by Gasteiger charge is 2.47.